The first kappa shape index (κ1) is 27.9. The molecule has 2 N–H and O–H groups in total. The van der Waals surface area contributed by atoms with Crippen LogP contribution in [0.1, 0.15) is 37.4 Å². The molecule has 3 aromatic carbocycles. The van der Waals surface area contributed by atoms with E-state index in [9.17, 15) is 37.5 Å². The molecule has 0 saturated carbocycles. The molecule has 38 heavy (non-hydrogen) atoms. The van der Waals surface area contributed by atoms with Crippen LogP contribution in [0.3, 0.4) is 0 Å². The number of alkyl halides is 3. The molecule has 0 aliphatic heterocycles. The molecule has 0 bridgehead atoms. The fourth-order valence-corrected chi connectivity index (χ4v) is 3.45. The highest BCUT2D eigenvalue weighted by Gasteiger charge is 2.42. The Morgan fingerprint density at radius 2 is 1.26 bits per heavy atom. The Morgan fingerprint density at radius 1 is 0.763 bits per heavy atom. The van der Waals surface area contributed by atoms with E-state index in [-0.39, 0.29) is 11.1 Å². The van der Waals surface area contributed by atoms with E-state index in [1.54, 1.807) is 26.0 Å². The number of esters is 2. The zero-order valence-electron chi connectivity index (χ0n) is 20.1. The maximum absolute atomic E-state index is 13.4. The number of halogens is 3. The number of anilines is 1. The van der Waals surface area contributed by atoms with Crippen molar-refractivity contribution in [3.63, 3.8) is 0 Å². The summed E-state index contributed by atoms with van der Waals surface area (Å²) >= 11 is 0. The van der Waals surface area contributed by atoms with Gasteiger partial charge in [0, 0.05) is 0 Å². The van der Waals surface area contributed by atoms with E-state index in [4.69, 9.17) is 9.47 Å². The summed E-state index contributed by atoms with van der Waals surface area (Å²) in [5, 5.41) is 11.7. The highest BCUT2D eigenvalue weighted by atomic mass is 19.4. The van der Waals surface area contributed by atoms with Crippen molar-refractivity contribution in [2.75, 3.05) is 5.32 Å². The van der Waals surface area contributed by atoms with E-state index in [1.807, 2.05) is 5.32 Å². The van der Waals surface area contributed by atoms with Gasteiger partial charge in [-0.15, -0.1) is 0 Å². The third-order valence-corrected chi connectivity index (χ3v) is 5.24. The van der Waals surface area contributed by atoms with Gasteiger partial charge in [-0.05, 0) is 50.2 Å². The number of hydrogen-bond acceptors (Lipinski definition) is 6. The lowest BCUT2D eigenvalue weighted by Gasteiger charge is -2.24. The van der Waals surface area contributed by atoms with Crippen LogP contribution in [0.25, 0.3) is 0 Å². The number of amides is 1. The van der Waals surface area contributed by atoms with Crippen molar-refractivity contribution < 1.29 is 46.9 Å². The van der Waals surface area contributed by atoms with Crippen molar-refractivity contribution in [3.05, 3.63) is 101 Å². The molecule has 0 radical (unpaired) electrons. The Balaban J connectivity index is 1.98. The van der Waals surface area contributed by atoms with Gasteiger partial charge in [-0.3, -0.25) is 4.79 Å². The summed E-state index contributed by atoms with van der Waals surface area (Å²) in [6.45, 7) is 3.34. The maximum Gasteiger partial charge on any atom is 0.418 e. The normalized spacial score (nSPS) is 12.7. The Hall–Kier alpha value is -4.67. The second kappa shape index (κ2) is 11.6. The smallest absolute Gasteiger partial charge is 0.418 e. The Morgan fingerprint density at radius 3 is 1.74 bits per heavy atom. The number of benzene rings is 3. The number of para-hydroxylation sites is 1. The number of ether oxygens (including phenoxy) is 2. The zero-order chi connectivity index (χ0) is 28.0. The maximum atomic E-state index is 13.4. The van der Waals surface area contributed by atoms with E-state index < -0.39 is 53.5 Å². The molecule has 1 amide bonds. The molecule has 3 aromatic rings. The summed E-state index contributed by atoms with van der Waals surface area (Å²) in [6.07, 6.45) is -9.60. The summed E-state index contributed by atoms with van der Waals surface area (Å²) in [5.74, 6) is -5.63. The average molecular weight is 529 g/mol. The molecule has 0 aliphatic rings. The molecule has 0 spiro atoms. The van der Waals surface area contributed by atoms with E-state index in [0.29, 0.717) is 17.2 Å². The molecule has 0 heterocycles. The summed E-state index contributed by atoms with van der Waals surface area (Å²) < 4.78 is 50.5. The van der Waals surface area contributed by atoms with Gasteiger partial charge in [0.2, 0.25) is 12.2 Å². The number of aliphatic carboxylic acids is 1. The van der Waals surface area contributed by atoms with Crippen LogP contribution in [0.5, 0.6) is 0 Å². The topological polar surface area (TPSA) is 119 Å². The molecular formula is C27H22F3NO7. The third kappa shape index (κ3) is 6.96. The highest BCUT2D eigenvalue weighted by molar-refractivity contribution is 6.02. The Kier molecular flexibility index (Phi) is 8.51. The summed E-state index contributed by atoms with van der Waals surface area (Å²) in [5.41, 5.74) is -0.762. The van der Waals surface area contributed by atoms with Gasteiger partial charge >= 0.3 is 24.1 Å². The number of carbonyl (C=O) groups is 4. The summed E-state index contributed by atoms with van der Waals surface area (Å²) in [4.78, 5) is 50.7. The van der Waals surface area contributed by atoms with Gasteiger partial charge in [0.05, 0.1) is 22.4 Å². The van der Waals surface area contributed by atoms with Crippen LogP contribution < -0.4 is 5.32 Å². The van der Waals surface area contributed by atoms with Crippen LogP contribution in [-0.2, 0) is 25.2 Å². The lowest BCUT2D eigenvalue weighted by molar-refractivity contribution is -0.157. The second-order valence-corrected chi connectivity index (χ2v) is 8.26. The minimum absolute atomic E-state index is 0.0529. The van der Waals surface area contributed by atoms with E-state index in [2.05, 4.69) is 0 Å². The van der Waals surface area contributed by atoms with Gasteiger partial charge in [0.1, 0.15) is 0 Å². The number of carbonyl (C=O) groups excluding carboxylic acids is 3. The van der Waals surface area contributed by atoms with Crippen molar-refractivity contribution in [2.24, 2.45) is 0 Å². The molecule has 0 saturated heterocycles. The number of nitrogens with one attached hydrogen (secondary N) is 1. The molecular weight excluding hydrogens is 507 g/mol. The number of carboxylic acid groups (broad SMARTS) is 1. The lowest BCUT2D eigenvalue weighted by atomic mass is 10.1. The predicted molar refractivity (Wildman–Crippen MR) is 128 cm³/mol. The van der Waals surface area contributed by atoms with E-state index >= 15 is 0 Å². The SMILES string of the molecule is Cc1cccc(C(=O)O[C@H](C(=O)Nc2ccccc2C(F)(F)F)[C@@H](OC(=O)c2cccc(C)c2)C(=O)O)c1. The Labute approximate surface area is 215 Å². The molecule has 0 aromatic heterocycles. The van der Waals surface area contributed by atoms with Gasteiger partial charge in [0.25, 0.3) is 5.91 Å². The molecule has 0 unspecified atom stereocenters. The predicted octanol–water partition coefficient (Wildman–Crippen LogP) is 4.80. The van der Waals surface area contributed by atoms with E-state index in [1.165, 1.54) is 42.5 Å². The molecule has 0 fully saturated rings. The quantitative estimate of drug-likeness (QED) is 0.403. The first-order chi connectivity index (χ1) is 17.9. The fourth-order valence-electron chi connectivity index (χ4n) is 3.45. The molecule has 8 nitrogen and oxygen atoms in total. The van der Waals surface area contributed by atoms with Gasteiger partial charge in [0.15, 0.2) is 0 Å². The van der Waals surface area contributed by atoms with Crippen LogP contribution >= 0.6 is 0 Å². The van der Waals surface area contributed by atoms with Crippen molar-refractivity contribution >= 4 is 29.5 Å². The van der Waals surface area contributed by atoms with E-state index in [0.717, 1.165) is 12.1 Å². The number of hydrogen-bond donors (Lipinski definition) is 2. The number of aryl methyl sites for hydroxylation is 2. The largest absolute Gasteiger partial charge is 0.478 e. The molecule has 198 valence electrons. The minimum atomic E-state index is -4.86. The standard InChI is InChI=1S/C27H22F3NO7/c1-15-7-5-9-17(13-15)25(35)37-21(23(32)31-20-12-4-3-11-19(20)27(28,29)30)22(24(33)34)38-26(36)18-10-6-8-16(2)14-18/h3-14,21-22H,1-2H3,(H,31,32)(H,33,34)/t21-,22+/m0/s1. The highest BCUT2D eigenvalue weighted by Crippen LogP contribution is 2.34. The molecule has 0 aliphatic carbocycles. The fraction of sp³-hybridized carbons (Fsp3) is 0.185. The minimum Gasteiger partial charge on any atom is -0.478 e. The zero-order valence-corrected chi connectivity index (χ0v) is 20.1. The van der Waals surface area contributed by atoms with Gasteiger partial charge in [-0.1, -0.05) is 47.5 Å². The van der Waals surface area contributed by atoms with Crippen LogP contribution in [0.4, 0.5) is 18.9 Å². The number of carboxylic acids is 1. The molecule has 2 atom stereocenters. The monoisotopic (exact) mass is 529 g/mol. The third-order valence-electron chi connectivity index (χ3n) is 5.24. The van der Waals surface area contributed by atoms with Crippen LogP contribution in [0, 0.1) is 13.8 Å². The number of rotatable bonds is 8. The van der Waals surface area contributed by atoms with Crippen LogP contribution in [0.15, 0.2) is 72.8 Å². The van der Waals surface area contributed by atoms with Gasteiger partial charge in [-0.2, -0.15) is 13.2 Å². The van der Waals surface area contributed by atoms with Crippen molar-refractivity contribution in [3.8, 4) is 0 Å². The van der Waals surface area contributed by atoms with Crippen LogP contribution in [-0.4, -0.2) is 41.1 Å². The van der Waals surface area contributed by atoms with Gasteiger partial charge < -0.3 is 19.9 Å². The second-order valence-electron chi connectivity index (χ2n) is 8.26. The van der Waals surface area contributed by atoms with Crippen molar-refractivity contribution in [2.45, 2.75) is 32.2 Å². The Bertz CT molecular complexity index is 1370. The molecule has 3 rings (SSSR count). The first-order valence-electron chi connectivity index (χ1n) is 11.1. The lowest BCUT2D eigenvalue weighted by Crippen LogP contribution is -2.48. The first-order valence-corrected chi connectivity index (χ1v) is 11.1. The van der Waals surface area contributed by atoms with Gasteiger partial charge in [-0.25, -0.2) is 14.4 Å². The summed E-state index contributed by atoms with van der Waals surface area (Å²) in [6, 6.07) is 15.8. The van der Waals surface area contributed by atoms with Crippen molar-refractivity contribution in [1.29, 1.82) is 0 Å². The van der Waals surface area contributed by atoms with Crippen LogP contribution in [0.2, 0.25) is 0 Å². The summed E-state index contributed by atoms with van der Waals surface area (Å²) in [7, 11) is 0. The average Bonchev–Trinajstić information content (AvgIpc) is 2.85. The van der Waals surface area contributed by atoms with Crippen molar-refractivity contribution in [1.82, 2.24) is 0 Å². The molecule has 11 heteroatoms.